The summed E-state index contributed by atoms with van der Waals surface area (Å²) >= 11 is 0. The zero-order chi connectivity index (χ0) is 17.8. The second kappa shape index (κ2) is 5.80. The van der Waals surface area contributed by atoms with Crippen molar-refractivity contribution in [1.29, 1.82) is 0 Å². The Bertz CT molecular complexity index is 701. The van der Waals surface area contributed by atoms with Gasteiger partial charge in [0.15, 0.2) is 0 Å². The number of hydrazine groups is 1. The van der Waals surface area contributed by atoms with Gasteiger partial charge >= 0.3 is 0 Å². The number of rotatable bonds is 3. The van der Waals surface area contributed by atoms with Gasteiger partial charge in [-0.2, -0.15) is 0 Å². The summed E-state index contributed by atoms with van der Waals surface area (Å²) in [6, 6.07) is 11.1. The van der Waals surface area contributed by atoms with Crippen molar-refractivity contribution in [3.8, 4) is 0 Å². The van der Waals surface area contributed by atoms with E-state index in [0.29, 0.717) is 17.2 Å². The summed E-state index contributed by atoms with van der Waals surface area (Å²) in [5, 5.41) is 5.50. The molecular weight excluding hydrogens is 322 g/mol. The first kappa shape index (κ1) is 16.8. The maximum absolute atomic E-state index is 13.5. The number of carbonyl (C=O) groups is 1. The van der Waals surface area contributed by atoms with Gasteiger partial charge in [0.2, 0.25) is 5.91 Å². The smallest absolute Gasteiger partial charge is 0.240 e. The van der Waals surface area contributed by atoms with E-state index in [1.165, 1.54) is 24.8 Å². The summed E-state index contributed by atoms with van der Waals surface area (Å²) in [7, 11) is 0. The van der Waals surface area contributed by atoms with E-state index in [-0.39, 0.29) is 10.8 Å². The van der Waals surface area contributed by atoms with Crippen LogP contribution in [0.2, 0.25) is 0 Å². The SMILES string of the molecule is C[C@]12CC3CC(C(=O)NN4CCNCC4)(C1)C[C@@](c1ccccc1)(C3)C2. The molecule has 4 nitrogen and oxygen atoms in total. The number of piperazine rings is 1. The molecular formula is C22H31N3O. The average molecular weight is 354 g/mol. The van der Waals surface area contributed by atoms with Crippen LogP contribution in [0.25, 0.3) is 0 Å². The van der Waals surface area contributed by atoms with E-state index in [4.69, 9.17) is 0 Å². The predicted molar refractivity (Wildman–Crippen MR) is 102 cm³/mol. The van der Waals surface area contributed by atoms with Gasteiger partial charge in [-0.3, -0.25) is 10.2 Å². The lowest BCUT2D eigenvalue weighted by atomic mass is 9.38. The van der Waals surface area contributed by atoms with Gasteiger partial charge in [-0.1, -0.05) is 37.3 Å². The Hall–Kier alpha value is -1.39. The van der Waals surface area contributed by atoms with E-state index in [1.807, 2.05) is 0 Å². The van der Waals surface area contributed by atoms with Crippen LogP contribution in [0.3, 0.4) is 0 Å². The van der Waals surface area contributed by atoms with Crippen LogP contribution in [0.15, 0.2) is 30.3 Å². The highest BCUT2D eigenvalue weighted by Gasteiger charge is 2.64. The fourth-order valence-electron chi connectivity index (χ4n) is 7.33. The molecule has 5 aliphatic rings. The number of hydrogen-bond acceptors (Lipinski definition) is 3. The monoisotopic (exact) mass is 353 g/mol. The van der Waals surface area contributed by atoms with E-state index in [9.17, 15) is 4.79 Å². The first-order valence-corrected chi connectivity index (χ1v) is 10.3. The molecule has 4 bridgehead atoms. The van der Waals surface area contributed by atoms with Crippen molar-refractivity contribution >= 4 is 5.91 Å². The van der Waals surface area contributed by atoms with Crippen LogP contribution in [-0.2, 0) is 10.2 Å². The minimum atomic E-state index is -0.172. The highest BCUT2D eigenvalue weighted by Crippen LogP contribution is 2.70. The first-order chi connectivity index (χ1) is 12.5. The van der Waals surface area contributed by atoms with Crippen LogP contribution >= 0.6 is 0 Å². The Morgan fingerprint density at radius 2 is 1.85 bits per heavy atom. The molecule has 4 saturated carbocycles. The van der Waals surface area contributed by atoms with Crippen LogP contribution in [-0.4, -0.2) is 37.1 Å². The van der Waals surface area contributed by atoms with Crippen molar-refractivity contribution in [3.05, 3.63) is 35.9 Å². The Morgan fingerprint density at radius 3 is 2.58 bits per heavy atom. The lowest BCUT2D eigenvalue weighted by molar-refractivity contribution is -0.165. The van der Waals surface area contributed by atoms with Crippen molar-refractivity contribution < 1.29 is 4.79 Å². The van der Waals surface area contributed by atoms with Gasteiger partial charge in [0, 0.05) is 26.2 Å². The van der Waals surface area contributed by atoms with Crippen LogP contribution < -0.4 is 10.7 Å². The molecule has 2 unspecified atom stereocenters. The molecule has 1 aromatic carbocycles. The minimum absolute atomic E-state index is 0.172. The third kappa shape index (κ3) is 2.61. The van der Waals surface area contributed by atoms with Crippen LogP contribution in [0, 0.1) is 16.7 Å². The molecule has 1 heterocycles. The van der Waals surface area contributed by atoms with E-state index in [0.717, 1.165) is 45.4 Å². The highest BCUT2D eigenvalue weighted by molar-refractivity contribution is 5.83. The van der Waals surface area contributed by atoms with Crippen molar-refractivity contribution in [2.45, 2.75) is 50.9 Å². The lowest BCUT2D eigenvalue weighted by Gasteiger charge is -2.65. The summed E-state index contributed by atoms with van der Waals surface area (Å²) in [4.78, 5) is 13.5. The third-order valence-corrected chi connectivity index (χ3v) is 7.59. The zero-order valence-corrected chi connectivity index (χ0v) is 15.9. The van der Waals surface area contributed by atoms with E-state index in [2.05, 4.69) is 53.0 Å². The second-order valence-electron chi connectivity index (χ2n) is 9.92. The van der Waals surface area contributed by atoms with E-state index < -0.39 is 0 Å². The van der Waals surface area contributed by atoms with Crippen molar-refractivity contribution in [3.63, 3.8) is 0 Å². The molecule has 2 N–H and O–H groups in total. The standard InChI is InChI=1S/C22H31N3O/c1-20-11-17-12-21(14-20,18-5-3-2-4-6-18)16-22(13-17,15-20)19(26)24-25-9-7-23-8-10-25/h2-6,17,23H,7-16H2,1H3,(H,24,26)/t17?,20-,21-,22?/m1/s1. The maximum atomic E-state index is 13.5. The predicted octanol–water partition coefficient (Wildman–Crippen LogP) is 2.85. The van der Waals surface area contributed by atoms with Crippen LogP contribution in [0.5, 0.6) is 0 Å². The molecule has 0 aromatic heterocycles. The average Bonchev–Trinajstić information content (AvgIpc) is 2.61. The Morgan fingerprint density at radius 1 is 1.08 bits per heavy atom. The normalized spacial score (nSPS) is 42.0. The molecule has 0 spiro atoms. The molecule has 1 aliphatic heterocycles. The summed E-state index contributed by atoms with van der Waals surface area (Å²) in [6.45, 7) is 6.18. The van der Waals surface area contributed by atoms with Gasteiger partial charge in [0.25, 0.3) is 0 Å². The van der Waals surface area contributed by atoms with Crippen LogP contribution in [0.1, 0.15) is 51.0 Å². The highest BCUT2D eigenvalue weighted by atomic mass is 16.2. The molecule has 1 amide bonds. The van der Waals surface area contributed by atoms with Gasteiger partial charge in [0.1, 0.15) is 0 Å². The molecule has 1 saturated heterocycles. The van der Waals surface area contributed by atoms with Crippen molar-refractivity contribution in [2.24, 2.45) is 16.7 Å². The summed E-state index contributed by atoms with van der Waals surface area (Å²) < 4.78 is 0. The van der Waals surface area contributed by atoms with E-state index >= 15 is 0 Å². The quantitative estimate of drug-likeness (QED) is 0.878. The first-order valence-electron chi connectivity index (χ1n) is 10.3. The number of amides is 1. The maximum Gasteiger partial charge on any atom is 0.240 e. The molecule has 0 radical (unpaired) electrons. The van der Waals surface area contributed by atoms with E-state index in [1.54, 1.807) is 0 Å². The largest absolute Gasteiger partial charge is 0.314 e. The van der Waals surface area contributed by atoms with Gasteiger partial charge in [0.05, 0.1) is 5.41 Å². The molecule has 4 heteroatoms. The molecule has 4 atom stereocenters. The number of nitrogens with zero attached hydrogens (tertiary/aromatic N) is 1. The summed E-state index contributed by atoms with van der Waals surface area (Å²) in [5.41, 5.74) is 5.13. The fourth-order valence-corrected chi connectivity index (χ4v) is 7.33. The number of hydrogen-bond donors (Lipinski definition) is 2. The summed E-state index contributed by atoms with van der Waals surface area (Å²) in [6.07, 6.45) is 7.04. The fraction of sp³-hybridized carbons (Fsp3) is 0.682. The van der Waals surface area contributed by atoms with Crippen molar-refractivity contribution in [1.82, 2.24) is 15.8 Å². The molecule has 26 heavy (non-hydrogen) atoms. The Kier molecular flexibility index (Phi) is 3.74. The number of carbonyl (C=O) groups excluding carboxylic acids is 1. The van der Waals surface area contributed by atoms with Gasteiger partial charge in [-0.25, -0.2) is 5.01 Å². The molecule has 1 aromatic rings. The molecule has 5 fully saturated rings. The third-order valence-electron chi connectivity index (χ3n) is 7.59. The number of nitrogens with one attached hydrogen (secondary N) is 2. The minimum Gasteiger partial charge on any atom is -0.314 e. The topological polar surface area (TPSA) is 44.4 Å². The van der Waals surface area contributed by atoms with Gasteiger partial charge < -0.3 is 5.32 Å². The number of benzene rings is 1. The molecule has 140 valence electrons. The van der Waals surface area contributed by atoms with Crippen LogP contribution in [0.4, 0.5) is 0 Å². The molecule has 6 rings (SSSR count). The Labute approximate surface area is 156 Å². The molecule has 4 aliphatic carbocycles. The lowest BCUT2D eigenvalue weighted by Crippen LogP contribution is -2.64. The Balaban J connectivity index is 1.46. The summed E-state index contributed by atoms with van der Waals surface area (Å²) in [5.74, 6) is 1.00. The van der Waals surface area contributed by atoms with Gasteiger partial charge in [-0.05, 0) is 60.8 Å². The second-order valence-corrected chi connectivity index (χ2v) is 9.92. The van der Waals surface area contributed by atoms with Crippen molar-refractivity contribution in [2.75, 3.05) is 26.2 Å². The van der Waals surface area contributed by atoms with Gasteiger partial charge in [-0.15, -0.1) is 0 Å². The zero-order valence-electron chi connectivity index (χ0n) is 15.9.